The lowest BCUT2D eigenvalue weighted by Crippen LogP contribution is -2.30. The fourth-order valence-corrected chi connectivity index (χ4v) is 2.25. The van der Waals surface area contributed by atoms with Crippen molar-refractivity contribution in [1.29, 1.82) is 0 Å². The fraction of sp³-hybridized carbons (Fsp3) is 0.353. The molecule has 22 heavy (non-hydrogen) atoms. The SMILES string of the molecule is COC(=O)c1ccc(CNCC(c2ccco2)N(C)C)cc1. The smallest absolute Gasteiger partial charge is 0.337 e. The van der Waals surface area contributed by atoms with E-state index in [9.17, 15) is 4.79 Å². The Balaban J connectivity index is 1.88. The van der Waals surface area contributed by atoms with Crippen LogP contribution in [-0.2, 0) is 11.3 Å². The first-order valence-corrected chi connectivity index (χ1v) is 7.19. The molecular formula is C17H22N2O3. The van der Waals surface area contributed by atoms with Gasteiger partial charge in [0.15, 0.2) is 0 Å². The molecule has 0 fully saturated rings. The van der Waals surface area contributed by atoms with Crippen LogP contribution >= 0.6 is 0 Å². The van der Waals surface area contributed by atoms with Crippen LogP contribution < -0.4 is 5.32 Å². The molecule has 1 unspecified atom stereocenters. The maximum absolute atomic E-state index is 11.4. The molecular weight excluding hydrogens is 280 g/mol. The summed E-state index contributed by atoms with van der Waals surface area (Å²) in [5, 5.41) is 3.42. The Morgan fingerprint density at radius 2 is 2.00 bits per heavy atom. The van der Waals surface area contributed by atoms with Crippen LogP contribution in [0.4, 0.5) is 0 Å². The van der Waals surface area contributed by atoms with Crippen LogP contribution in [0.3, 0.4) is 0 Å². The molecule has 1 atom stereocenters. The maximum Gasteiger partial charge on any atom is 0.337 e. The minimum Gasteiger partial charge on any atom is -0.468 e. The number of nitrogens with zero attached hydrogens (tertiary/aromatic N) is 1. The van der Waals surface area contributed by atoms with Crippen LogP contribution in [0.1, 0.15) is 27.7 Å². The molecule has 0 aliphatic rings. The van der Waals surface area contributed by atoms with Crippen LogP contribution in [0, 0.1) is 0 Å². The zero-order valence-electron chi connectivity index (χ0n) is 13.2. The number of likely N-dealkylation sites (N-methyl/N-ethyl adjacent to an activating group) is 1. The highest BCUT2D eigenvalue weighted by molar-refractivity contribution is 5.89. The Bertz CT molecular complexity index is 576. The second-order valence-electron chi connectivity index (χ2n) is 5.31. The molecule has 1 N–H and O–H groups in total. The average molecular weight is 302 g/mol. The Labute approximate surface area is 130 Å². The van der Waals surface area contributed by atoms with Gasteiger partial charge in [-0.2, -0.15) is 0 Å². The number of carbonyl (C=O) groups excluding carboxylic acids is 1. The molecule has 0 aliphatic carbocycles. The largest absolute Gasteiger partial charge is 0.468 e. The third-order valence-electron chi connectivity index (χ3n) is 3.54. The molecule has 118 valence electrons. The van der Waals surface area contributed by atoms with E-state index in [1.807, 2.05) is 38.4 Å². The van der Waals surface area contributed by atoms with Crippen molar-refractivity contribution in [3.05, 3.63) is 59.5 Å². The van der Waals surface area contributed by atoms with E-state index in [1.54, 1.807) is 18.4 Å². The highest BCUT2D eigenvalue weighted by atomic mass is 16.5. The molecule has 0 saturated carbocycles. The first-order chi connectivity index (χ1) is 10.6. The number of furan rings is 1. The van der Waals surface area contributed by atoms with Gasteiger partial charge in [0, 0.05) is 13.1 Å². The Kier molecular flexibility index (Phi) is 5.75. The van der Waals surface area contributed by atoms with Crippen LogP contribution in [0.15, 0.2) is 47.1 Å². The molecule has 2 rings (SSSR count). The Hall–Kier alpha value is -2.11. The van der Waals surface area contributed by atoms with Gasteiger partial charge in [-0.3, -0.25) is 4.90 Å². The van der Waals surface area contributed by atoms with Gasteiger partial charge in [-0.25, -0.2) is 4.79 Å². The fourth-order valence-electron chi connectivity index (χ4n) is 2.25. The number of carbonyl (C=O) groups is 1. The van der Waals surface area contributed by atoms with Crippen LogP contribution in [0.25, 0.3) is 0 Å². The highest BCUT2D eigenvalue weighted by Gasteiger charge is 2.16. The Morgan fingerprint density at radius 1 is 1.27 bits per heavy atom. The van der Waals surface area contributed by atoms with Gasteiger partial charge in [0.25, 0.3) is 0 Å². The van der Waals surface area contributed by atoms with E-state index < -0.39 is 0 Å². The zero-order valence-corrected chi connectivity index (χ0v) is 13.2. The van der Waals surface area contributed by atoms with Crippen molar-refractivity contribution in [2.45, 2.75) is 12.6 Å². The number of esters is 1. The maximum atomic E-state index is 11.4. The van der Waals surface area contributed by atoms with Crippen LogP contribution in [-0.4, -0.2) is 38.6 Å². The van der Waals surface area contributed by atoms with Gasteiger partial charge in [0.2, 0.25) is 0 Å². The number of rotatable bonds is 7. The van der Waals surface area contributed by atoms with Crippen molar-refractivity contribution in [3.8, 4) is 0 Å². The van der Waals surface area contributed by atoms with Crippen LogP contribution in [0.2, 0.25) is 0 Å². The third kappa shape index (κ3) is 4.19. The summed E-state index contributed by atoms with van der Waals surface area (Å²) in [6, 6.07) is 11.5. The van der Waals surface area contributed by atoms with Crippen molar-refractivity contribution in [3.63, 3.8) is 0 Å². The molecule has 0 spiro atoms. The molecule has 5 nitrogen and oxygen atoms in total. The summed E-state index contributed by atoms with van der Waals surface area (Å²) in [6.07, 6.45) is 1.69. The van der Waals surface area contributed by atoms with Gasteiger partial charge in [-0.15, -0.1) is 0 Å². The summed E-state index contributed by atoms with van der Waals surface area (Å²) in [6.45, 7) is 1.51. The third-order valence-corrected chi connectivity index (χ3v) is 3.54. The summed E-state index contributed by atoms with van der Waals surface area (Å²) >= 11 is 0. The van der Waals surface area contributed by atoms with Crippen molar-refractivity contribution >= 4 is 5.97 Å². The van der Waals surface area contributed by atoms with Crippen molar-refractivity contribution in [2.75, 3.05) is 27.7 Å². The molecule has 1 aromatic heterocycles. The van der Waals surface area contributed by atoms with Gasteiger partial charge in [0.05, 0.1) is 25.0 Å². The molecule has 0 amide bonds. The van der Waals surface area contributed by atoms with Crippen molar-refractivity contribution in [2.24, 2.45) is 0 Å². The predicted molar refractivity (Wildman–Crippen MR) is 84.6 cm³/mol. The van der Waals surface area contributed by atoms with Crippen LogP contribution in [0.5, 0.6) is 0 Å². The van der Waals surface area contributed by atoms with Gasteiger partial charge >= 0.3 is 5.97 Å². The number of hydrogen-bond donors (Lipinski definition) is 1. The molecule has 0 saturated heterocycles. The predicted octanol–water partition coefficient (Wildman–Crippen LogP) is 2.46. The summed E-state index contributed by atoms with van der Waals surface area (Å²) in [5.41, 5.74) is 1.68. The molecule has 5 heteroatoms. The lowest BCUT2D eigenvalue weighted by atomic mass is 10.1. The minimum absolute atomic E-state index is 0.185. The van der Waals surface area contributed by atoms with E-state index in [2.05, 4.69) is 15.0 Å². The minimum atomic E-state index is -0.315. The van der Waals surface area contributed by atoms with Gasteiger partial charge < -0.3 is 14.5 Å². The van der Waals surface area contributed by atoms with E-state index in [1.165, 1.54) is 7.11 Å². The Morgan fingerprint density at radius 3 is 2.55 bits per heavy atom. The monoisotopic (exact) mass is 302 g/mol. The highest BCUT2D eigenvalue weighted by Crippen LogP contribution is 2.17. The van der Waals surface area contributed by atoms with E-state index in [-0.39, 0.29) is 12.0 Å². The molecule has 1 heterocycles. The number of methoxy groups -OCH3 is 1. The van der Waals surface area contributed by atoms with E-state index in [0.717, 1.165) is 24.4 Å². The van der Waals surface area contributed by atoms with Gasteiger partial charge in [0.1, 0.15) is 5.76 Å². The molecule has 2 aromatic rings. The van der Waals surface area contributed by atoms with E-state index >= 15 is 0 Å². The topological polar surface area (TPSA) is 54.7 Å². The standard InChI is InChI=1S/C17H22N2O3/c1-19(2)15(16-5-4-10-22-16)12-18-11-13-6-8-14(9-7-13)17(20)21-3/h4-10,15,18H,11-12H2,1-3H3. The second kappa shape index (κ2) is 7.77. The molecule has 0 bridgehead atoms. The van der Waals surface area contributed by atoms with Gasteiger partial charge in [-0.1, -0.05) is 12.1 Å². The van der Waals surface area contributed by atoms with Crippen molar-refractivity contribution in [1.82, 2.24) is 10.2 Å². The summed E-state index contributed by atoms with van der Waals surface area (Å²) in [4.78, 5) is 13.5. The normalized spacial score (nSPS) is 12.4. The number of ether oxygens (including phenoxy) is 1. The zero-order chi connectivity index (χ0) is 15.9. The summed E-state index contributed by atoms with van der Waals surface area (Å²) < 4.78 is 10.2. The quantitative estimate of drug-likeness (QED) is 0.796. The molecule has 1 aromatic carbocycles. The number of benzene rings is 1. The first-order valence-electron chi connectivity index (χ1n) is 7.19. The summed E-state index contributed by atoms with van der Waals surface area (Å²) in [7, 11) is 5.44. The van der Waals surface area contributed by atoms with E-state index in [0.29, 0.717) is 5.56 Å². The number of nitrogens with one attached hydrogen (secondary N) is 1. The van der Waals surface area contributed by atoms with E-state index in [4.69, 9.17) is 4.42 Å². The molecule has 0 radical (unpaired) electrons. The first kappa shape index (κ1) is 16.3. The second-order valence-corrected chi connectivity index (χ2v) is 5.31. The molecule has 0 aliphatic heterocycles. The lowest BCUT2D eigenvalue weighted by Gasteiger charge is -2.22. The van der Waals surface area contributed by atoms with Crippen molar-refractivity contribution < 1.29 is 13.9 Å². The average Bonchev–Trinajstić information content (AvgIpc) is 3.05. The lowest BCUT2D eigenvalue weighted by molar-refractivity contribution is 0.0600. The van der Waals surface area contributed by atoms with Gasteiger partial charge in [-0.05, 0) is 43.9 Å². The number of hydrogen-bond acceptors (Lipinski definition) is 5. The summed E-state index contributed by atoms with van der Waals surface area (Å²) in [5.74, 6) is 0.628.